The van der Waals surface area contributed by atoms with E-state index in [1.54, 1.807) is 6.07 Å². The van der Waals surface area contributed by atoms with Crippen molar-refractivity contribution in [2.24, 2.45) is 7.05 Å². The molecule has 0 saturated carbocycles. The van der Waals surface area contributed by atoms with Crippen molar-refractivity contribution in [1.82, 2.24) is 9.78 Å². The minimum atomic E-state index is -3.75. The van der Waals surface area contributed by atoms with Crippen molar-refractivity contribution in [3.8, 4) is 0 Å². The van der Waals surface area contributed by atoms with Crippen LogP contribution in [0.5, 0.6) is 0 Å². The second-order valence-electron chi connectivity index (χ2n) is 4.58. The second kappa shape index (κ2) is 4.68. The quantitative estimate of drug-likeness (QED) is 0.907. The Morgan fingerprint density at radius 1 is 1.45 bits per heavy atom. The summed E-state index contributed by atoms with van der Waals surface area (Å²) >= 11 is 5.88. The fourth-order valence-corrected chi connectivity index (χ4v) is 3.98. The summed E-state index contributed by atoms with van der Waals surface area (Å²) in [6.07, 6.45) is 2.19. The van der Waals surface area contributed by atoms with Crippen LogP contribution in [0.25, 0.3) is 0 Å². The highest BCUT2D eigenvalue weighted by molar-refractivity contribution is 7.92. The lowest BCUT2D eigenvalue weighted by atomic mass is 10.1. The molecule has 1 aliphatic rings. The molecule has 0 aliphatic carbocycles. The number of nitrogens with zero attached hydrogens (tertiary/aromatic N) is 2. The average Bonchev–Trinajstić information content (AvgIpc) is 2.95. The Bertz CT molecular complexity index is 750. The van der Waals surface area contributed by atoms with Crippen molar-refractivity contribution in [1.29, 1.82) is 0 Å². The Morgan fingerprint density at radius 2 is 2.25 bits per heavy atom. The molecule has 6 nitrogen and oxygen atoms in total. The number of fused-ring (bicyclic) bond motifs is 1. The highest BCUT2D eigenvalue weighted by Gasteiger charge is 2.23. The lowest BCUT2D eigenvalue weighted by molar-refractivity contribution is 0.582. The number of aromatic nitrogens is 2. The largest absolute Gasteiger partial charge is 0.384 e. The van der Waals surface area contributed by atoms with Gasteiger partial charge in [0.25, 0.3) is 10.0 Å². The monoisotopic (exact) mass is 312 g/mol. The number of benzene rings is 1. The second-order valence-corrected chi connectivity index (χ2v) is 6.58. The molecular formula is C12H13ClN4O2S. The SMILES string of the molecule is Cn1ncc(Cl)c1S(=O)(=O)Nc1ccc2c(c1)CCN2. The minimum absolute atomic E-state index is 0.0437. The third-order valence-corrected chi connectivity index (χ3v) is 5.05. The van der Waals surface area contributed by atoms with Gasteiger partial charge in [0.05, 0.1) is 11.2 Å². The molecule has 2 heterocycles. The third-order valence-electron chi connectivity index (χ3n) is 3.16. The maximum absolute atomic E-state index is 12.3. The van der Waals surface area contributed by atoms with E-state index in [1.165, 1.54) is 17.9 Å². The van der Waals surface area contributed by atoms with Crippen LogP contribution < -0.4 is 10.0 Å². The van der Waals surface area contributed by atoms with Crippen LogP contribution in [0, 0.1) is 0 Å². The molecule has 0 radical (unpaired) electrons. The standard InChI is InChI=1S/C12H13ClN4O2S/c1-17-12(10(13)7-15-17)20(18,19)16-9-2-3-11-8(6-9)4-5-14-11/h2-3,6-7,14,16H,4-5H2,1H3. The van der Waals surface area contributed by atoms with Crippen molar-refractivity contribution in [2.45, 2.75) is 11.4 Å². The zero-order valence-electron chi connectivity index (χ0n) is 10.7. The molecule has 0 amide bonds. The molecule has 0 atom stereocenters. The van der Waals surface area contributed by atoms with Crippen molar-refractivity contribution in [2.75, 3.05) is 16.6 Å². The molecule has 1 aromatic heterocycles. The summed E-state index contributed by atoms with van der Waals surface area (Å²) in [7, 11) is -2.22. The molecule has 0 spiro atoms. The molecule has 1 aromatic carbocycles. The van der Waals surface area contributed by atoms with Crippen LogP contribution in [0.1, 0.15) is 5.56 Å². The predicted octanol–water partition coefficient (Wildman–Crippen LogP) is 1.84. The van der Waals surface area contributed by atoms with Crippen molar-refractivity contribution in [3.63, 3.8) is 0 Å². The summed E-state index contributed by atoms with van der Waals surface area (Å²) in [5.74, 6) is 0. The summed E-state index contributed by atoms with van der Waals surface area (Å²) in [5, 5.41) is 7.12. The van der Waals surface area contributed by atoms with Crippen LogP contribution in [0.3, 0.4) is 0 Å². The fourth-order valence-electron chi connectivity index (χ4n) is 2.27. The highest BCUT2D eigenvalue weighted by Crippen LogP contribution is 2.28. The van der Waals surface area contributed by atoms with Gasteiger partial charge in [0, 0.05) is 25.0 Å². The molecule has 0 saturated heterocycles. The lowest BCUT2D eigenvalue weighted by Crippen LogP contribution is -2.17. The number of aryl methyl sites for hydroxylation is 1. The molecular weight excluding hydrogens is 300 g/mol. The summed E-state index contributed by atoms with van der Waals surface area (Å²) in [4.78, 5) is 0. The van der Waals surface area contributed by atoms with E-state index < -0.39 is 10.0 Å². The predicted molar refractivity (Wildman–Crippen MR) is 77.7 cm³/mol. The maximum atomic E-state index is 12.3. The molecule has 2 aromatic rings. The van der Waals surface area contributed by atoms with Gasteiger partial charge >= 0.3 is 0 Å². The van der Waals surface area contributed by atoms with Crippen molar-refractivity contribution in [3.05, 3.63) is 35.0 Å². The summed E-state index contributed by atoms with van der Waals surface area (Å²) in [6.45, 7) is 0.874. The van der Waals surface area contributed by atoms with Crippen LogP contribution >= 0.6 is 11.6 Å². The van der Waals surface area contributed by atoms with Gasteiger partial charge in [-0.1, -0.05) is 11.6 Å². The number of sulfonamides is 1. The molecule has 8 heteroatoms. The molecule has 0 unspecified atom stereocenters. The van der Waals surface area contributed by atoms with Gasteiger partial charge < -0.3 is 5.32 Å². The first-order valence-corrected chi connectivity index (χ1v) is 7.90. The van der Waals surface area contributed by atoms with E-state index in [9.17, 15) is 8.42 Å². The van der Waals surface area contributed by atoms with E-state index in [1.807, 2.05) is 12.1 Å². The highest BCUT2D eigenvalue weighted by atomic mass is 35.5. The molecule has 0 bridgehead atoms. The number of hydrogen-bond acceptors (Lipinski definition) is 4. The van der Waals surface area contributed by atoms with Crippen LogP contribution in [-0.4, -0.2) is 24.7 Å². The first-order chi connectivity index (χ1) is 9.47. The van der Waals surface area contributed by atoms with Gasteiger partial charge in [-0.3, -0.25) is 9.40 Å². The molecule has 1 aliphatic heterocycles. The summed E-state index contributed by atoms with van der Waals surface area (Å²) < 4.78 is 28.4. The molecule has 106 valence electrons. The Kier molecular flexibility index (Phi) is 3.10. The van der Waals surface area contributed by atoms with E-state index in [4.69, 9.17) is 11.6 Å². The van der Waals surface area contributed by atoms with Gasteiger partial charge in [0.1, 0.15) is 0 Å². The van der Waals surface area contributed by atoms with Crippen molar-refractivity contribution >= 4 is 33.0 Å². The lowest BCUT2D eigenvalue weighted by Gasteiger charge is -2.10. The summed E-state index contributed by atoms with van der Waals surface area (Å²) in [5.41, 5.74) is 2.66. The number of halogens is 1. The number of hydrogen-bond donors (Lipinski definition) is 2. The molecule has 0 fully saturated rings. The summed E-state index contributed by atoms with van der Waals surface area (Å²) in [6, 6.07) is 5.42. The van der Waals surface area contributed by atoms with Gasteiger partial charge in [-0.2, -0.15) is 13.5 Å². The smallest absolute Gasteiger partial charge is 0.280 e. The van der Waals surface area contributed by atoms with Crippen LogP contribution in [0.2, 0.25) is 5.02 Å². The first-order valence-electron chi connectivity index (χ1n) is 6.04. The zero-order valence-corrected chi connectivity index (χ0v) is 12.3. The van der Waals surface area contributed by atoms with Crippen LogP contribution in [0.4, 0.5) is 11.4 Å². The Morgan fingerprint density at radius 3 is 2.95 bits per heavy atom. The van der Waals surface area contributed by atoms with E-state index in [-0.39, 0.29) is 10.0 Å². The number of rotatable bonds is 3. The molecule has 3 rings (SSSR count). The maximum Gasteiger partial charge on any atom is 0.280 e. The van der Waals surface area contributed by atoms with Crippen LogP contribution in [0.15, 0.2) is 29.4 Å². The Balaban J connectivity index is 1.94. The van der Waals surface area contributed by atoms with Gasteiger partial charge in [0.15, 0.2) is 5.03 Å². The first kappa shape index (κ1) is 13.3. The number of anilines is 2. The molecule has 20 heavy (non-hydrogen) atoms. The minimum Gasteiger partial charge on any atom is -0.384 e. The third kappa shape index (κ3) is 2.23. The number of nitrogens with one attached hydrogen (secondary N) is 2. The topological polar surface area (TPSA) is 76.0 Å². The van der Waals surface area contributed by atoms with Gasteiger partial charge in [-0.25, -0.2) is 0 Å². The normalized spacial score (nSPS) is 13.9. The van der Waals surface area contributed by atoms with Crippen molar-refractivity contribution < 1.29 is 8.42 Å². The van der Waals surface area contributed by atoms with Crippen LogP contribution in [-0.2, 0) is 23.5 Å². The van der Waals surface area contributed by atoms with E-state index in [2.05, 4.69) is 15.1 Å². The Hall–Kier alpha value is -1.73. The molecule has 2 N–H and O–H groups in total. The van der Waals surface area contributed by atoms with Gasteiger partial charge in [-0.05, 0) is 30.2 Å². The average molecular weight is 313 g/mol. The Labute approximate surface area is 121 Å². The van der Waals surface area contributed by atoms with Gasteiger partial charge in [-0.15, -0.1) is 0 Å². The van der Waals surface area contributed by atoms with E-state index >= 15 is 0 Å². The van der Waals surface area contributed by atoms with E-state index in [0.29, 0.717) is 5.69 Å². The zero-order chi connectivity index (χ0) is 14.3. The van der Waals surface area contributed by atoms with Gasteiger partial charge in [0.2, 0.25) is 0 Å². The van der Waals surface area contributed by atoms with E-state index in [0.717, 1.165) is 24.2 Å². The fraction of sp³-hybridized carbons (Fsp3) is 0.250.